The monoisotopic (exact) mass is 436 g/mol. The van der Waals surface area contributed by atoms with Gasteiger partial charge in [0.05, 0.1) is 4.47 Å². The second-order valence-corrected chi connectivity index (χ2v) is 5.92. The van der Waals surface area contributed by atoms with Crippen molar-refractivity contribution in [1.29, 1.82) is 0 Å². The van der Waals surface area contributed by atoms with E-state index in [0.717, 1.165) is 9.64 Å². The highest BCUT2D eigenvalue weighted by Crippen LogP contribution is 2.23. The molecule has 0 fully saturated rings. The van der Waals surface area contributed by atoms with E-state index < -0.39 is 11.6 Å². The summed E-state index contributed by atoms with van der Waals surface area (Å²) in [4.78, 5) is 12.1. The van der Waals surface area contributed by atoms with Crippen LogP contribution in [0.4, 0.5) is 8.78 Å². The third kappa shape index (κ3) is 3.20. The Bertz CT molecular complexity index is 643. The smallest absolute Gasteiger partial charge is 0.168 e. The maximum atomic E-state index is 13.8. The maximum absolute atomic E-state index is 13.8. The van der Waals surface area contributed by atoms with Crippen LogP contribution in [0, 0.1) is 15.2 Å². The number of hydrogen-bond donors (Lipinski definition) is 0. The summed E-state index contributed by atoms with van der Waals surface area (Å²) < 4.78 is 28.3. The van der Waals surface area contributed by atoms with Crippen LogP contribution in [0.2, 0.25) is 0 Å². The quantitative estimate of drug-likeness (QED) is 0.385. The van der Waals surface area contributed by atoms with Gasteiger partial charge in [-0.05, 0) is 56.7 Å². The number of carbonyl (C=O) groups excluding carboxylic acids is 1. The van der Waals surface area contributed by atoms with Gasteiger partial charge in [-0.15, -0.1) is 0 Å². The van der Waals surface area contributed by atoms with Crippen molar-refractivity contribution in [1.82, 2.24) is 0 Å². The lowest BCUT2D eigenvalue weighted by Crippen LogP contribution is -2.09. The van der Waals surface area contributed by atoms with Crippen LogP contribution >= 0.6 is 38.5 Å². The van der Waals surface area contributed by atoms with Crippen molar-refractivity contribution in [2.45, 2.75) is 6.42 Å². The predicted molar refractivity (Wildman–Crippen MR) is 81.3 cm³/mol. The molecule has 0 N–H and O–H groups in total. The average molecular weight is 437 g/mol. The minimum Gasteiger partial charge on any atom is -0.294 e. The fourth-order valence-electron chi connectivity index (χ4n) is 1.67. The fraction of sp³-hybridized carbons (Fsp3) is 0.0714. The van der Waals surface area contributed by atoms with Crippen LogP contribution in [-0.2, 0) is 6.42 Å². The van der Waals surface area contributed by atoms with Gasteiger partial charge in [0.2, 0.25) is 0 Å². The minimum absolute atomic E-state index is 0.152. The van der Waals surface area contributed by atoms with Crippen LogP contribution in [0.15, 0.2) is 40.9 Å². The molecule has 5 heteroatoms. The largest absolute Gasteiger partial charge is 0.294 e. The standard InChI is InChI=1S/C14H8BrF2IO/c15-10-5-6-11(16)9(14(10)17)7-13(19)8-3-1-2-4-12(8)18/h1-6H,7H2. The summed E-state index contributed by atoms with van der Waals surface area (Å²) in [7, 11) is 0. The van der Waals surface area contributed by atoms with E-state index in [1.165, 1.54) is 6.07 Å². The van der Waals surface area contributed by atoms with E-state index in [-0.39, 0.29) is 22.2 Å². The summed E-state index contributed by atoms with van der Waals surface area (Å²) in [5.41, 5.74) is 0.265. The van der Waals surface area contributed by atoms with Crippen LogP contribution in [-0.4, -0.2) is 5.78 Å². The lowest BCUT2D eigenvalue weighted by Gasteiger charge is -2.07. The van der Waals surface area contributed by atoms with Gasteiger partial charge in [0, 0.05) is 21.1 Å². The highest BCUT2D eigenvalue weighted by atomic mass is 127. The van der Waals surface area contributed by atoms with Crippen LogP contribution < -0.4 is 0 Å². The zero-order valence-corrected chi connectivity index (χ0v) is 13.3. The Kier molecular flexibility index (Phi) is 4.67. The molecule has 0 atom stereocenters. The molecule has 98 valence electrons. The fourth-order valence-corrected chi connectivity index (χ4v) is 2.73. The van der Waals surface area contributed by atoms with Crippen molar-refractivity contribution in [2.75, 3.05) is 0 Å². The Labute approximate surface area is 131 Å². The van der Waals surface area contributed by atoms with Gasteiger partial charge in [0.15, 0.2) is 5.78 Å². The zero-order chi connectivity index (χ0) is 14.0. The van der Waals surface area contributed by atoms with E-state index in [1.54, 1.807) is 24.3 Å². The molecule has 1 nitrogen and oxygen atoms in total. The normalized spacial score (nSPS) is 10.5. The Morgan fingerprint density at radius 3 is 2.53 bits per heavy atom. The van der Waals surface area contributed by atoms with E-state index in [0.29, 0.717) is 5.56 Å². The van der Waals surface area contributed by atoms with Crippen LogP contribution in [0.25, 0.3) is 0 Å². The molecular weight excluding hydrogens is 429 g/mol. The third-order valence-electron chi connectivity index (χ3n) is 2.65. The number of carbonyl (C=O) groups is 1. The third-order valence-corrected chi connectivity index (χ3v) is 4.20. The van der Waals surface area contributed by atoms with E-state index in [1.807, 2.05) is 22.6 Å². The van der Waals surface area contributed by atoms with Crippen LogP contribution in [0.1, 0.15) is 15.9 Å². The summed E-state index contributed by atoms with van der Waals surface area (Å²) in [5.74, 6) is -1.74. The van der Waals surface area contributed by atoms with E-state index in [9.17, 15) is 13.6 Å². The molecule has 0 aliphatic heterocycles. The summed E-state index contributed by atoms with van der Waals surface area (Å²) in [6.45, 7) is 0. The molecule has 2 rings (SSSR count). The highest BCUT2D eigenvalue weighted by Gasteiger charge is 2.18. The van der Waals surface area contributed by atoms with Crippen molar-refractivity contribution in [3.63, 3.8) is 0 Å². The topological polar surface area (TPSA) is 17.1 Å². The lowest BCUT2D eigenvalue weighted by molar-refractivity contribution is 0.0989. The number of ketones is 1. The van der Waals surface area contributed by atoms with Crippen molar-refractivity contribution in [3.8, 4) is 0 Å². The van der Waals surface area contributed by atoms with Gasteiger partial charge in [-0.2, -0.15) is 0 Å². The van der Waals surface area contributed by atoms with Gasteiger partial charge in [-0.3, -0.25) is 4.79 Å². The molecule has 0 amide bonds. The average Bonchev–Trinajstić information content (AvgIpc) is 2.39. The molecule has 19 heavy (non-hydrogen) atoms. The van der Waals surface area contributed by atoms with Crippen LogP contribution in [0.3, 0.4) is 0 Å². The first-order valence-electron chi connectivity index (χ1n) is 5.41. The van der Waals surface area contributed by atoms with Crippen molar-refractivity contribution < 1.29 is 13.6 Å². The van der Waals surface area contributed by atoms with Gasteiger partial charge in [0.25, 0.3) is 0 Å². The van der Waals surface area contributed by atoms with Gasteiger partial charge in [0.1, 0.15) is 11.6 Å². The SMILES string of the molecule is O=C(Cc1c(F)ccc(Br)c1F)c1ccccc1I. The van der Waals surface area contributed by atoms with Gasteiger partial charge in [-0.25, -0.2) is 8.78 Å². The van der Waals surface area contributed by atoms with Crippen molar-refractivity contribution in [3.05, 3.63) is 67.2 Å². The summed E-state index contributed by atoms with van der Waals surface area (Å²) >= 11 is 5.01. The first-order valence-corrected chi connectivity index (χ1v) is 7.28. The molecule has 0 aromatic heterocycles. The predicted octanol–water partition coefficient (Wildman–Crippen LogP) is 4.76. The number of Topliss-reactive ketones (excluding diaryl/α,β-unsaturated/α-hetero) is 1. The number of halogens is 4. The summed E-state index contributed by atoms with van der Waals surface area (Å²) in [6, 6.07) is 9.39. The molecule has 0 saturated heterocycles. The highest BCUT2D eigenvalue weighted by molar-refractivity contribution is 14.1. The molecule has 0 aliphatic rings. The molecule has 0 spiro atoms. The van der Waals surface area contributed by atoms with Crippen molar-refractivity contribution in [2.24, 2.45) is 0 Å². The first-order chi connectivity index (χ1) is 9.00. The Morgan fingerprint density at radius 2 is 1.84 bits per heavy atom. The van der Waals surface area contributed by atoms with Crippen LogP contribution in [0.5, 0.6) is 0 Å². The lowest BCUT2D eigenvalue weighted by atomic mass is 10.0. The van der Waals surface area contributed by atoms with E-state index >= 15 is 0 Å². The first kappa shape index (κ1) is 14.6. The maximum Gasteiger partial charge on any atom is 0.168 e. The molecule has 0 saturated carbocycles. The Hall–Kier alpha value is -0.820. The summed E-state index contributed by atoms with van der Waals surface area (Å²) in [5, 5.41) is 0. The van der Waals surface area contributed by atoms with Gasteiger partial charge >= 0.3 is 0 Å². The molecule has 0 unspecified atom stereocenters. The Morgan fingerprint density at radius 1 is 1.16 bits per heavy atom. The Balaban J connectivity index is 2.35. The number of hydrogen-bond acceptors (Lipinski definition) is 1. The van der Waals surface area contributed by atoms with Gasteiger partial charge < -0.3 is 0 Å². The minimum atomic E-state index is -0.723. The molecule has 0 radical (unpaired) electrons. The van der Waals surface area contributed by atoms with E-state index in [4.69, 9.17) is 0 Å². The molecule has 2 aromatic carbocycles. The molecule has 0 bridgehead atoms. The molecule has 2 aromatic rings. The zero-order valence-electron chi connectivity index (χ0n) is 9.59. The second-order valence-electron chi connectivity index (χ2n) is 3.90. The molecule has 0 heterocycles. The molecular formula is C14H8BrF2IO. The van der Waals surface area contributed by atoms with Crippen molar-refractivity contribution >= 4 is 44.3 Å². The number of rotatable bonds is 3. The summed E-state index contributed by atoms with van der Waals surface area (Å²) in [6.07, 6.45) is -0.295. The number of benzene rings is 2. The second kappa shape index (κ2) is 6.09. The van der Waals surface area contributed by atoms with Gasteiger partial charge in [-0.1, -0.05) is 18.2 Å². The molecule has 0 aliphatic carbocycles. The van der Waals surface area contributed by atoms with E-state index in [2.05, 4.69) is 15.9 Å².